The molecule has 0 bridgehead atoms. The fraction of sp³-hybridized carbons (Fsp3) is 0.778. The first-order valence-corrected chi connectivity index (χ1v) is 4.26. The molecule has 0 unspecified atom stereocenters. The molecular weight excluding hydrogens is 156 g/mol. The van der Waals surface area contributed by atoms with Crippen molar-refractivity contribution in [3.8, 4) is 0 Å². The van der Waals surface area contributed by atoms with Crippen molar-refractivity contribution >= 4 is 11.8 Å². The summed E-state index contributed by atoms with van der Waals surface area (Å²) < 4.78 is 0. The summed E-state index contributed by atoms with van der Waals surface area (Å²) in [5.74, 6) is -1.88. The predicted molar refractivity (Wildman–Crippen MR) is 45.9 cm³/mol. The van der Waals surface area contributed by atoms with E-state index in [4.69, 9.17) is 5.11 Å². The summed E-state index contributed by atoms with van der Waals surface area (Å²) in [6, 6.07) is 0. The smallest absolute Gasteiger partial charge is 0.372 e. The summed E-state index contributed by atoms with van der Waals surface area (Å²) in [6.07, 6.45) is 1.28. The van der Waals surface area contributed by atoms with E-state index in [1.165, 1.54) is 0 Å². The summed E-state index contributed by atoms with van der Waals surface area (Å²) in [5, 5.41) is 8.45. The van der Waals surface area contributed by atoms with E-state index in [0.29, 0.717) is 18.8 Å². The van der Waals surface area contributed by atoms with Gasteiger partial charge in [-0.3, -0.25) is 4.79 Å². The average molecular weight is 172 g/mol. The van der Waals surface area contributed by atoms with Crippen molar-refractivity contribution in [2.45, 2.75) is 33.6 Å². The lowest BCUT2D eigenvalue weighted by Gasteiger charge is -2.12. The summed E-state index contributed by atoms with van der Waals surface area (Å²) in [4.78, 5) is 21.3. The number of Topliss-reactive ketones (excluding diaryl/α,β-unsaturated/α-hetero) is 1. The van der Waals surface area contributed by atoms with Crippen molar-refractivity contribution in [2.24, 2.45) is 11.8 Å². The molecule has 0 saturated carbocycles. The fourth-order valence-electron chi connectivity index (χ4n) is 1.20. The average Bonchev–Trinajstić information content (AvgIpc) is 1.98. The van der Waals surface area contributed by atoms with Gasteiger partial charge in [0, 0.05) is 5.92 Å². The van der Waals surface area contributed by atoms with Crippen LogP contribution in [0, 0.1) is 11.8 Å². The Bertz CT molecular complexity index is 173. The van der Waals surface area contributed by atoms with Crippen LogP contribution in [0.5, 0.6) is 0 Å². The molecule has 0 radical (unpaired) electrons. The van der Waals surface area contributed by atoms with Crippen molar-refractivity contribution < 1.29 is 14.7 Å². The van der Waals surface area contributed by atoms with Crippen molar-refractivity contribution in [1.82, 2.24) is 0 Å². The first kappa shape index (κ1) is 11.1. The molecule has 0 aliphatic heterocycles. The maximum atomic E-state index is 11.0. The Morgan fingerprint density at radius 3 is 2.08 bits per heavy atom. The zero-order valence-electron chi connectivity index (χ0n) is 7.83. The molecule has 3 nitrogen and oxygen atoms in total. The third-order valence-electron chi connectivity index (χ3n) is 1.83. The van der Waals surface area contributed by atoms with Gasteiger partial charge in [-0.1, -0.05) is 20.8 Å². The molecule has 0 amide bonds. The molecule has 0 aliphatic rings. The van der Waals surface area contributed by atoms with Crippen molar-refractivity contribution in [3.63, 3.8) is 0 Å². The van der Waals surface area contributed by atoms with E-state index in [1.807, 2.05) is 20.8 Å². The topological polar surface area (TPSA) is 54.4 Å². The van der Waals surface area contributed by atoms with Crippen LogP contribution in [0.4, 0.5) is 0 Å². The molecule has 0 aromatic carbocycles. The van der Waals surface area contributed by atoms with Gasteiger partial charge < -0.3 is 5.11 Å². The largest absolute Gasteiger partial charge is 0.475 e. The van der Waals surface area contributed by atoms with Crippen LogP contribution in [-0.4, -0.2) is 16.9 Å². The third-order valence-corrected chi connectivity index (χ3v) is 1.83. The van der Waals surface area contributed by atoms with Gasteiger partial charge in [-0.05, 0) is 18.8 Å². The van der Waals surface area contributed by atoms with Crippen molar-refractivity contribution in [1.29, 1.82) is 0 Å². The fourth-order valence-corrected chi connectivity index (χ4v) is 1.20. The third kappa shape index (κ3) is 3.51. The van der Waals surface area contributed by atoms with E-state index in [-0.39, 0.29) is 5.92 Å². The van der Waals surface area contributed by atoms with E-state index in [9.17, 15) is 9.59 Å². The van der Waals surface area contributed by atoms with Crippen LogP contribution < -0.4 is 0 Å². The molecule has 0 fully saturated rings. The highest BCUT2D eigenvalue weighted by molar-refractivity contribution is 6.33. The van der Waals surface area contributed by atoms with Gasteiger partial charge in [0.2, 0.25) is 5.78 Å². The highest BCUT2D eigenvalue weighted by Gasteiger charge is 2.23. The number of ketones is 1. The SMILES string of the molecule is CC[C@@H](CC(C)C)C(=O)C(=O)O. The van der Waals surface area contributed by atoms with E-state index >= 15 is 0 Å². The van der Waals surface area contributed by atoms with Crippen LogP contribution in [-0.2, 0) is 9.59 Å². The van der Waals surface area contributed by atoms with Gasteiger partial charge in [0.05, 0.1) is 0 Å². The zero-order valence-corrected chi connectivity index (χ0v) is 7.83. The Kier molecular flexibility index (Phi) is 4.55. The highest BCUT2D eigenvalue weighted by atomic mass is 16.4. The van der Waals surface area contributed by atoms with Gasteiger partial charge in [0.1, 0.15) is 0 Å². The number of carboxylic acid groups (broad SMARTS) is 1. The number of carboxylic acids is 1. The molecule has 0 aliphatic carbocycles. The van der Waals surface area contributed by atoms with Gasteiger partial charge in [-0.25, -0.2) is 4.79 Å². The minimum Gasteiger partial charge on any atom is -0.475 e. The molecule has 0 saturated heterocycles. The molecule has 0 rings (SSSR count). The molecule has 0 aromatic heterocycles. The van der Waals surface area contributed by atoms with Crippen molar-refractivity contribution in [2.75, 3.05) is 0 Å². The van der Waals surface area contributed by atoms with Crippen LogP contribution in [0.25, 0.3) is 0 Å². The van der Waals surface area contributed by atoms with E-state index in [1.54, 1.807) is 0 Å². The normalized spacial score (nSPS) is 13.0. The van der Waals surface area contributed by atoms with Crippen LogP contribution in [0.1, 0.15) is 33.6 Å². The lowest BCUT2D eigenvalue weighted by atomic mass is 9.91. The summed E-state index contributed by atoms with van der Waals surface area (Å²) in [6.45, 7) is 5.81. The highest BCUT2D eigenvalue weighted by Crippen LogP contribution is 2.15. The van der Waals surface area contributed by atoms with E-state index in [0.717, 1.165) is 0 Å². The second-order valence-corrected chi connectivity index (χ2v) is 3.40. The molecule has 1 N–H and O–H groups in total. The molecule has 0 aromatic rings. The van der Waals surface area contributed by atoms with Crippen molar-refractivity contribution in [3.05, 3.63) is 0 Å². The Morgan fingerprint density at radius 2 is 1.83 bits per heavy atom. The minimum atomic E-state index is -1.30. The van der Waals surface area contributed by atoms with Gasteiger partial charge in [0.15, 0.2) is 0 Å². The minimum absolute atomic E-state index is 0.303. The quantitative estimate of drug-likeness (QED) is 0.642. The number of hydrogen-bond acceptors (Lipinski definition) is 2. The number of hydrogen-bond donors (Lipinski definition) is 1. The first-order chi connectivity index (χ1) is 5.49. The molecule has 70 valence electrons. The standard InChI is InChI=1S/C9H16O3/c1-4-7(5-6(2)3)8(10)9(11)12/h6-7H,4-5H2,1-3H3,(H,11,12)/t7-/m0/s1. The summed E-state index contributed by atoms with van der Waals surface area (Å²) in [5.41, 5.74) is 0. The summed E-state index contributed by atoms with van der Waals surface area (Å²) >= 11 is 0. The van der Waals surface area contributed by atoms with Crippen LogP contribution >= 0.6 is 0 Å². The Balaban J connectivity index is 4.15. The van der Waals surface area contributed by atoms with Crippen LogP contribution in [0.15, 0.2) is 0 Å². The molecule has 12 heavy (non-hydrogen) atoms. The maximum Gasteiger partial charge on any atom is 0.372 e. The van der Waals surface area contributed by atoms with Gasteiger partial charge in [-0.15, -0.1) is 0 Å². The van der Waals surface area contributed by atoms with Crippen LogP contribution in [0.2, 0.25) is 0 Å². The Morgan fingerprint density at radius 1 is 1.33 bits per heavy atom. The number of aliphatic carboxylic acids is 1. The monoisotopic (exact) mass is 172 g/mol. The second-order valence-electron chi connectivity index (χ2n) is 3.40. The molecular formula is C9H16O3. The second kappa shape index (κ2) is 4.91. The molecule has 1 atom stereocenters. The zero-order chi connectivity index (χ0) is 9.72. The molecule has 0 spiro atoms. The van der Waals surface area contributed by atoms with Crippen LogP contribution in [0.3, 0.4) is 0 Å². The Hall–Kier alpha value is -0.860. The Labute approximate surface area is 72.8 Å². The van der Waals surface area contributed by atoms with Gasteiger partial charge in [-0.2, -0.15) is 0 Å². The lowest BCUT2D eigenvalue weighted by Crippen LogP contribution is -2.24. The predicted octanol–water partition coefficient (Wildman–Crippen LogP) is 1.71. The van der Waals surface area contributed by atoms with E-state index in [2.05, 4.69) is 0 Å². The number of carbonyl (C=O) groups is 2. The molecule has 0 heterocycles. The van der Waals surface area contributed by atoms with Gasteiger partial charge in [0.25, 0.3) is 0 Å². The van der Waals surface area contributed by atoms with Gasteiger partial charge >= 0.3 is 5.97 Å². The number of rotatable bonds is 5. The summed E-state index contributed by atoms with van der Waals surface area (Å²) in [7, 11) is 0. The maximum absolute atomic E-state index is 11.0. The molecule has 3 heteroatoms. The van der Waals surface area contributed by atoms with E-state index < -0.39 is 11.8 Å². The number of carbonyl (C=O) groups excluding carboxylic acids is 1. The lowest BCUT2D eigenvalue weighted by molar-refractivity contribution is -0.151. The first-order valence-electron chi connectivity index (χ1n) is 4.26.